The van der Waals surface area contributed by atoms with Crippen molar-refractivity contribution in [3.63, 3.8) is 0 Å². The van der Waals surface area contributed by atoms with E-state index >= 15 is 0 Å². The first kappa shape index (κ1) is 20.8. The molecule has 0 radical (unpaired) electrons. The summed E-state index contributed by atoms with van der Waals surface area (Å²) in [6.45, 7) is -0.534. The van der Waals surface area contributed by atoms with E-state index in [1.54, 1.807) is 0 Å². The molecule has 0 aromatic heterocycles. The molecule has 1 amide bonds. The maximum absolute atomic E-state index is 14.8. The Labute approximate surface area is 164 Å². The first-order valence-corrected chi connectivity index (χ1v) is 9.66. The standard InChI is InChI=1S/C17H16F2N4O5S/c1-27-12-5-10-11(6-13(12)28-2)17(24)23-22-16(10)9-4-3-8(14(18)15(9)19)7-21-29(20,25)26/h3-6,16,21H,7H2,1-2H3,(H2,20,25,26). The molecule has 3 N–H and O–H groups in total. The lowest BCUT2D eigenvalue weighted by Gasteiger charge is -2.21. The van der Waals surface area contributed by atoms with Gasteiger partial charge in [0.1, 0.15) is 6.04 Å². The smallest absolute Gasteiger partial charge is 0.295 e. The molecular formula is C17H16F2N4O5S. The summed E-state index contributed by atoms with van der Waals surface area (Å²) in [5.41, 5.74) is -0.0676. The number of nitrogens with one attached hydrogen (secondary N) is 1. The van der Waals surface area contributed by atoms with Crippen LogP contribution in [0, 0.1) is 11.6 Å². The first-order chi connectivity index (χ1) is 13.7. The number of nitrogens with two attached hydrogens (primary N) is 1. The van der Waals surface area contributed by atoms with E-state index in [1.807, 2.05) is 4.72 Å². The maximum Gasteiger partial charge on any atom is 0.295 e. The summed E-state index contributed by atoms with van der Waals surface area (Å²) in [7, 11) is -1.30. The maximum atomic E-state index is 14.8. The van der Waals surface area contributed by atoms with Gasteiger partial charge in [-0.15, -0.1) is 5.11 Å². The Kier molecular flexibility index (Phi) is 5.59. The lowest BCUT2D eigenvalue weighted by atomic mass is 9.92. The zero-order chi connectivity index (χ0) is 21.3. The van der Waals surface area contributed by atoms with Gasteiger partial charge < -0.3 is 9.47 Å². The summed E-state index contributed by atoms with van der Waals surface area (Å²) in [4.78, 5) is 12.1. The number of rotatable bonds is 6. The molecule has 0 bridgehead atoms. The molecule has 1 aliphatic rings. The molecule has 0 fully saturated rings. The highest BCUT2D eigenvalue weighted by atomic mass is 32.2. The fourth-order valence-electron chi connectivity index (χ4n) is 2.89. The lowest BCUT2D eigenvalue weighted by Crippen LogP contribution is -2.30. The van der Waals surface area contributed by atoms with Gasteiger partial charge in [-0.1, -0.05) is 12.1 Å². The number of carbonyl (C=O) groups excluding carboxylic acids is 1. The van der Waals surface area contributed by atoms with E-state index in [-0.39, 0.29) is 33.8 Å². The van der Waals surface area contributed by atoms with Crippen molar-refractivity contribution < 1.29 is 31.5 Å². The van der Waals surface area contributed by atoms with Crippen LogP contribution in [0.15, 0.2) is 34.5 Å². The second-order valence-electron chi connectivity index (χ2n) is 6.03. The Morgan fingerprint density at radius 2 is 1.76 bits per heavy atom. The van der Waals surface area contributed by atoms with E-state index in [0.29, 0.717) is 0 Å². The predicted octanol–water partition coefficient (Wildman–Crippen LogP) is 1.97. The molecule has 0 saturated carbocycles. The number of benzene rings is 2. The molecule has 3 rings (SSSR count). The van der Waals surface area contributed by atoms with Gasteiger partial charge in [0, 0.05) is 17.7 Å². The highest BCUT2D eigenvalue weighted by Crippen LogP contribution is 2.40. The van der Waals surface area contributed by atoms with Gasteiger partial charge in [-0.05, 0) is 17.7 Å². The molecule has 1 aliphatic heterocycles. The van der Waals surface area contributed by atoms with Crippen LogP contribution >= 0.6 is 0 Å². The molecular weight excluding hydrogens is 410 g/mol. The number of hydrogen-bond acceptors (Lipinski definition) is 6. The number of azo groups is 1. The molecule has 2 aromatic carbocycles. The first-order valence-electron chi connectivity index (χ1n) is 8.11. The number of hydrogen-bond donors (Lipinski definition) is 2. The Balaban J connectivity index is 2.07. The molecule has 29 heavy (non-hydrogen) atoms. The average molecular weight is 426 g/mol. The summed E-state index contributed by atoms with van der Waals surface area (Å²) in [6, 6.07) is 4.15. The summed E-state index contributed by atoms with van der Waals surface area (Å²) < 4.78 is 63.4. The quantitative estimate of drug-likeness (QED) is 0.729. The normalized spacial score (nSPS) is 15.9. The third kappa shape index (κ3) is 4.09. The van der Waals surface area contributed by atoms with Crippen LogP contribution in [0.1, 0.15) is 33.1 Å². The van der Waals surface area contributed by atoms with Crippen molar-refractivity contribution in [3.05, 3.63) is 58.2 Å². The van der Waals surface area contributed by atoms with Crippen molar-refractivity contribution in [2.24, 2.45) is 15.4 Å². The van der Waals surface area contributed by atoms with Gasteiger partial charge in [0.25, 0.3) is 16.1 Å². The van der Waals surface area contributed by atoms with E-state index in [9.17, 15) is 22.0 Å². The molecule has 154 valence electrons. The minimum absolute atomic E-state index is 0.113. The third-order valence-corrected chi connectivity index (χ3v) is 4.84. The van der Waals surface area contributed by atoms with Crippen LogP contribution in [0.5, 0.6) is 11.5 Å². The highest BCUT2D eigenvalue weighted by Gasteiger charge is 2.31. The SMILES string of the molecule is COc1cc2c(cc1OC)C(c1ccc(CNS(N)(=O)=O)c(F)c1F)N=NC2=O. The second kappa shape index (κ2) is 7.81. The van der Waals surface area contributed by atoms with Crippen LogP contribution < -0.4 is 19.3 Å². The van der Waals surface area contributed by atoms with E-state index in [2.05, 4.69) is 10.2 Å². The van der Waals surface area contributed by atoms with Gasteiger partial charge in [0.2, 0.25) is 0 Å². The van der Waals surface area contributed by atoms with Crippen LogP contribution in [0.4, 0.5) is 8.78 Å². The molecule has 0 aliphatic carbocycles. The summed E-state index contributed by atoms with van der Waals surface area (Å²) in [5, 5.41) is 12.1. The summed E-state index contributed by atoms with van der Waals surface area (Å²) in [6.07, 6.45) is 0. The number of fused-ring (bicyclic) bond motifs is 1. The largest absolute Gasteiger partial charge is 0.493 e. The summed E-state index contributed by atoms with van der Waals surface area (Å²) >= 11 is 0. The van der Waals surface area contributed by atoms with Gasteiger partial charge in [0.15, 0.2) is 23.1 Å². The van der Waals surface area contributed by atoms with Crippen molar-refractivity contribution in [3.8, 4) is 11.5 Å². The van der Waals surface area contributed by atoms with Crippen molar-refractivity contribution in [1.29, 1.82) is 0 Å². The minimum Gasteiger partial charge on any atom is -0.493 e. The number of ether oxygens (including phenoxy) is 2. The third-order valence-electron chi connectivity index (χ3n) is 4.30. The average Bonchev–Trinajstić information content (AvgIpc) is 2.68. The highest BCUT2D eigenvalue weighted by molar-refractivity contribution is 7.87. The van der Waals surface area contributed by atoms with Crippen LogP contribution in [0.2, 0.25) is 0 Å². The van der Waals surface area contributed by atoms with Gasteiger partial charge in [0.05, 0.1) is 19.8 Å². The molecule has 12 heteroatoms. The molecule has 1 atom stereocenters. The number of amides is 1. The topological polar surface area (TPSA) is 132 Å². The Morgan fingerprint density at radius 1 is 1.10 bits per heavy atom. The number of halogens is 2. The fourth-order valence-corrected chi connectivity index (χ4v) is 3.25. The van der Waals surface area contributed by atoms with Crippen LogP contribution in [-0.2, 0) is 16.8 Å². The number of methoxy groups -OCH3 is 2. The van der Waals surface area contributed by atoms with Crippen molar-refractivity contribution in [2.75, 3.05) is 14.2 Å². The lowest BCUT2D eigenvalue weighted by molar-refractivity contribution is 0.0985. The molecule has 1 heterocycles. The Hall–Kier alpha value is -2.96. The zero-order valence-electron chi connectivity index (χ0n) is 15.3. The molecule has 0 saturated heterocycles. The fraction of sp³-hybridized carbons (Fsp3) is 0.235. The molecule has 1 unspecified atom stereocenters. The van der Waals surface area contributed by atoms with Crippen molar-refractivity contribution in [2.45, 2.75) is 12.6 Å². The number of carbonyl (C=O) groups is 1. The molecule has 9 nitrogen and oxygen atoms in total. The molecule has 2 aromatic rings. The van der Waals surface area contributed by atoms with Crippen LogP contribution in [0.25, 0.3) is 0 Å². The Bertz CT molecular complexity index is 1120. The second-order valence-corrected chi connectivity index (χ2v) is 7.40. The Morgan fingerprint density at radius 3 is 2.38 bits per heavy atom. The van der Waals surface area contributed by atoms with E-state index in [4.69, 9.17) is 14.6 Å². The van der Waals surface area contributed by atoms with Gasteiger partial charge >= 0.3 is 0 Å². The monoisotopic (exact) mass is 426 g/mol. The van der Waals surface area contributed by atoms with Crippen molar-refractivity contribution >= 4 is 16.1 Å². The molecule has 0 spiro atoms. The minimum atomic E-state index is -4.08. The van der Waals surface area contributed by atoms with Crippen LogP contribution in [-0.4, -0.2) is 28.5 Å². The number of nitrogens with zero attached hydrogens (tertiary/aromatic N) is 2. The van der Waals surface area contributed by atoms with E-state index < -0.39 is 40.3 Å². The zero-order valence-corrected chi connectivity index (χ0v) is 16.1. The van der Waals surface area contributed by atoms with Gasteiger partial charge in [-0.25, -0.2) is 13.9 Å². The van der Waals surface area contributed by atoms with Gasteiger partial charge in [-0.2, -0.15) is 18.3 Å². The van der Waals surface area contributed by atoms with Gasteiger partial charge in [-0.3, -0.25) is 4.79 Å². The summed E-state index contributed by atoms with van der Waals surface area (Å²) in [5.74, 6) is -2.64. The van der Waals surface area contributed by atoms with Crippen molar-refractivity contribution in [1.82, 2.24) is 4.72 Å². The van der Waals surface area contributed by atoms with E-state index in [0.717, 1.165) is 0 Å². The van der Waals surface area contributed by atoms with E-state index in [1.165, 1.54) is 38.5 Å². The van der Waals surface area contributed by atoms with Crippen LogP contribution in [0.3, 0.4) is 0 Å². The predicted molar refractivity (Wildman–Crippen MR) is 96.9 cm³/mol.